The van der Waals surface area contributed by atoms with Gasteiger partial charge in [0.15, 0.2) is 5.78 Å². The molecule has 0 aliphatic carbocycles. The summed E-state index contributed by atoms with van der Waals surface area (Å²) in [5, 5.41) is 0. The standard InChI is InChI=1S/C34H37F4N3O/c1-5-23(3)7-8-24(6-2)9-14-33(42)25-11-13-32(27-17-28(22-40-21-27)34(4,37)38)41-30(18-25)15-16-39-20-26-10-12-29(35)19-31(26)36/h6,8,10,12-13,16-19,21-23H,2,5,7,9,11,14-15,20H2,1,3-4H3. The number of hydrogen-bond donors (Lipinski definition) is 0. The third-order valence-electron chi connectivity index (χ3n) is 7.11. The van der Waals surface area contributed by atoms with Crippen molar-refractivity contribution in [2.45, 2.75) is 71.8 Å². The van der Waals surface area contributed by atoms with Crippen LogP contribution < -0.4 is 0 Å². The van der Waals surface area contributed by atoms with Crippen LogP contribution in [0.4, 0.5) is 17.6 Å². The van der Waals surface area contributed by atoms with E-state index in [1.807, 2.05) is 0 Å². The molecular weight excluding hydrogens is 542 g/mol. The number of carbonyl (C=O) groups excluding carboxylic acids is 1. The van der Waals surface area contributed by atoms with E-state index in [0.29, 0.717) is 34.9 Å². The van der Waals surface area contributed by atoms with Crippen molar-refractivity contribution >= 4 is 23.4 Å². The molecule has 0 saturated carbocycles. The molecule has 0 radical (unpaired) electrons. The number of benzene rings is 1. The molecular formula is C34H37F4N3O. The Morgan fingerprint density at radius 2 is 1.98 bits per heavy atom. The lowest BCUT2D eigenvalue weighted by atomic mass is 9.97. The van der Waals surface area contributed by atoms with Crippen molar-refractivity contribution in [3.05, 3.63) is 107 Å². The van der Waals surface area contributed by atoms with Gasteiger partial charge < -0.3 is 0 Å². The van der Waals surface area contributed by atoms with E-state index in [0.717, 1.165) is 37.6 Å². The van der Waals surface area contributed by atoms with Gasteiger partial charge in [0.25, 0.3) is 5.92 Å². The summed E-state index contributed by atoms with van der Waals surface area (Å²) in [6.45, 7) is 9.01. The van der Waals surface area contributed by atoms with Crippen LogP contribution in [0.1, 0.15) is 76.0 Å². The summed E-state index contributed by atoms with van der Waals surface area (Å²) in [6, 6.07) is 4.65. The van der Waals surface area contributed by atoms with Gasteiger partial charge in [0.05, 0.1) is 12.2 Å². The third kappa shape index (κ3) is 9.86. The van der Waals surface area contributed by atoms with E-state index in [9.17, 15) is 22.4 Å². The van der Waals surface area contributed by atoms with Crippen LogP contribution in [0.25, 0.3) is 5.70 Å². The van der Waals surface area contributed by atoms with Gasteiger partial charge in [0.2, 0.25) is 0 Å². The normalized spacial score (nSPS) is 15.1. The van der Waals surface area contributed by atoms with E-state index in [2.05, 4.69) is 41.5 Å². The molecule has 1 aromatic carbocycles. The van der Waals surface area contributed by atoms with Crippen LogP contribution in [0.3, 0.4) is 0 Å². The van der Waals surface area contributed by atoms with Crippen molar-refractivity contribution < 1.29 is 22.4 Å². The van der Waals surface area contributed by atoms with Crippen molar-refractivity contribution in [2.24, 2.45) is 15.9 Å². The lowest BCUT2D eigenvalue weighted by Crippen LogP contribution is -2.08. The highest BCUT2D eigenvalue weighted by molar-refractivity contribution is 6.11. The van der Waals surface area contributed by atoms with Crippen molar-refractivity contribution in [3.63, 3.8) is 0 Å². The number of ketones is 1. The van der Waals surface area contributed by atoms with E-state index in [4.69, 9.17) is 0 Å². The molecule has 0 spiro atoms. The summed E-state index contributed by atoms with van der Waals surface area (Å²) in [6.07, 6.45) is 14.8. The summed E-state index contributed by atoms with van der Waals surface area (Å²) in [5.41, 5.74) is 2.88. The summed E-state index contributed by atoms with van der Waals surface area (Å²) < 4.78 is 55.2. The second kappa shape index (κ2) is 15.3. The van der Waals surface area contributed by atoms with Crippen LogP contribution in [-0.2, 0) is 17.3 Å². The molecule has 42 heavy (non-hydrogen) atoms. The average molecular weight is 580 g/mol. The average Bonchev–Trinajstić information content (AvgIpc) is 3.18. The molecule has 0 bridgehead atoms. The van der Waals surface area contributed by atoms with Gasteiger partial charge in [-0.25, -0.2) is 17.6 Å². The number of carbonyl (C=O) groups is 1. The van der Waals surface area contributed by atoms with Crippen molar-refractivity contribution in [1.82, 2.24) is 4.98 Å². The first-order chi connectivity index (χ1) is 20.0. The molecule has 1 aromatic heterocycles. The zero-order valence-corrected chi connectivity index (χ0v) is 24.3. The predicted molar refractivity (Wildman–Crippen MR) is 162 cm³/mol. The fraction of sp³-hybridized carbons (Fsp3) is 0.353. The molecule has 0 fully saturated rings. The number of aromatic nitrogens is 1. The van der Waals surface area contributed by atoms with Crippen LogP contribution in [0.15, 0.2) is 88.7 Å². The molecule has 1 aliphatic heterocycles. The Hall–Kier alpha value is -3.94. The van der Waals surface area contributed by atoms with Crippen LogP contribution in [0, 0.1) is 17.6 Å². The Morgan fingerprint density at radius 1 is 1.19 bits per heavy atom. The molecule has 0 saturated heterocycles. The summed E-state index contributed by atoms with van der Waals surface area (Å²) in [5.74, 6) is -3.93. The first kappa shape index (κ1) is 32.6. The second-order valence-electron chi connectivity index (χ2n) is 10.5. The van der Waals surface area contributed by atoms with Gasteiger partial charge in [-0.15, -0.1) is 0 Å². The maximum Gasteiger partial charge on any atom is 0.272 e. The molecule has 3 rings (SSSR count). The van der Waals surface area contributed by atoms with Gasteiger partial charge in [-0.3, -0.25) is 19.8 Å². The third-order valence-corrected chi connectivity index (χ3v) is 7.11. The Bertz CT molecular complexity index is 1430. The highest BCUT2D eigenvalue weighted by atomic mass is 19.3. The summed E-state index contributed by atoms with van der Waals surface area (Å²) >= 11 is 0. The van der Waals surface area contributed by atoms with Crippen LogP contribution in [0.5, 0.6) is 0 Å². The minimum absolute atomic E-state index is 0.00243. The molecule has 222 valence electrons. The molecule has 0 N–H and O–H groups in total. The molecule has 2 heterocycles. The van der Waals surface area contributed by atoms with Crippen LogP contribution in [-0.4, -0.2) is 22.7 Å². The quantitative estimate of drug-likeness (QED) is 0.127. The van der Waals surface area contributed by atoms with Crippen molar-refractivity contribution in [1.29, 1.82) is 0 Å². The number of Topliss-reactive ketones (excluding diaryl/α,β-unsaturated/α-hetero) is 1. The maximum absolute atomic E-state index is 14.0. The molecule has 8 heteroatoms. The van der Waals surface area contributed by atoms with Gasteiger partial charge >= 0.3 is 0 Å². The number of allylic oxidation sites excluding steroid dienone is 6. The number of nitrogens with zero attached hydrogens (tertiary/aromatic N) is 3. The number of hydrogen-bond acceptors (Lipinski definition) is 4. The lowest BCUT2D eigenvalue weighted by molar-refractivity contribution is -0.115. The van der Waals surface area contributed by atoms with Crippen molar-refractivity contribution in [2.75, 3.05) is 0 Å². The summed E-state index contributed by atoms with van der Waals surface area (Å²) in [7, 11) is 0. The zero-order chi connectivity index (χ0) is 30.7. The Morgan fingerprint density at radius 3 is 2.67 bits per heavy atom. The van der Waals surface area contributed by atoms with E-state index >= 15 is 0 Å². The number of halogens is 4. The molecule has 0 amide bonds. The fourth-order valence-corrected chi connectivity index (χ4v) is 4.20. The fourth-order valence-electron chi connectivity index (χ4n) is 4.20. The number of pyridine rings is 1. The largest absolute Gasteiger partial charge is 0.295 e. The lowest BCUT2D eigenvalue weighted by Gasteiger charge is -2.11. The molecule has 1 atom stereocenters. The minimum atomic E-state index is -3.08. The van der Waals surface area contributed by atoms with E-state index in [1.54, 1.807) is 24.4 Å². The monoisotopic (exact) mass is 579 g/mol. The van der Waals surface area contributed by atoms with E-state index < -0.39 is 17.6 Å². The zero-order valence-electron chi connectivity index (χ0n) is 24.3. The predicted octanol–water partition coefficient (Wildman–Crippen LogP) is 9.14. The first-order valence-electron chi connectivity index (χ1n) is 14.1. The first-order valence-corrected chi connectivity index (χ1v) is 14.1. The highest BCUT2D eigenvalue weighted by Crippen LogP contribution is 2.30. The van der Waals surface area contributed by atoms with Gasteiger partial charge in [-0.1, -0.05) is 56.7 Å². The van der Waals surface area contributed by atoms with Crippen molar-refractivity contribution in [3.8, 4) is 0 Å². The Balaban J connectivity index is 1.83. The second-order valence-corrected chi connectivity index (χ2v) is 10.5. The molecule has 4 nitrogen and oxygen atoms in total. The molecule has 1 unspecified atom stereocenters. The van der Waals surface area contributed by atoms with Gasteiger partial charge in [-0.05, 0) is 43.4 Å². The highest BCUT2D eigenvalue weighted by Gasteiger charge is 2.25. The number of alkyl halides is 2. The van der Waals surface area contributed by atoms with Crippen LogP contribution >= 0.6 is 0 Å². The Kier molecular flexibility index (Phi) is 11.9. The molecule has 2 aromatic rings. The van der Waals surface area contributed by atoms with Gasteiger partial charge in [0.1, 0.15) is 11.6 Å². The molecule has 1 aliphatic rings. The van der Waals surface area contributed by atoms with E-state index in [-0.39, 0.29) is 42.7 Å². The smallest absolute Gasteiger partial charge is 0.272 e. The van der Waals surface area contributed by atoms with E-state index in [1.165, 1.54) is 24.4 Å². The van der Waals surface area contributed by atoms with Crippen LogP contribution in [0.2, 0.25) is 0 Å². The number of aliphatic imine (C=N–C) groups is 2. The maximum atomic E-state index is 14.0. The van der Waals surface area contributed by atoms with Gasteiger partial charge in [0, 0.05) is 72.4 Å². The SMILES string of the molecule is C=CC(=CCC(C)CC)CCC(=O)C1=CC(CC=NCc2ccc(F)cc2F)=NC(c2cncc(C(C)(F)F)c2)=CC1. The Labute approximate surface area is 245 Å². The van der Waals surface area contributed by atoms with Gasteiger partial charge in [-0.2, -0.15) is 0 Å². The minimum Gasteiger partial charge on any atom is -0.295 e. The number of rotatable bonds is 14. The summed E-state index contributed by atoms with van der Waals surface area (Å²) in [4.78, 5) is 26.2. The topological polar surface area (TPSA) is 54.7 Å².